The lowest BCUT2D eigenvalue weighted by molar-refractivity contribution is 0.470. The molecular formula is C19H30N4S. The van der Waals surface area contributed by atoms with Crippen LogP contribution in [0.5, 0.6) is 0 Å². The molecule has 0 aromatic heterocycles. The predicted octanol–water partition coefficient (Wildman–Crippen LogP) is 3.21. The molecular weight excluding hydrogens is 316 g/mol. The van der Waals surface area contributed by atoms with Gasteiger partial charge in [0, 0.05) is 57.5 Å². The van der Waals surface area contributed by atoms with Crippen LogP contribution in [0.1, 0.15) is 18.4 Å². The second kappa shape index (κ2) is 10.3. The minimum absolute atomic E-state index is 0.800. The van der Waals surface area contributed by atoms with Gasteiger partial charge in [0.05, 0.1) is 0 Å². The lowest BCUT2D eigenvalue weighted by Gasteiger charge is -2.28. The molecule has 1 aliphatic rings. The minimum Gasteiger partial charge on any atom is -0.370 e. The Balaban J connectivity index is 1.82. The summed E-state index contributed by atoms with van der Waals surface area (Å²) in [5, 5.41) is 3.44. The Kier molecular flexibility index (Phi) is 8.02. The molecule has 5 heteroatoms. The zero-order valence-electron chi connectivity index (χ0n) is 15.0. The van der Waals surface area contributed by atoms with Gasteiger partial charge < -0.3 is 15.1 Å². The van der Waals surface area contributed by atoms with Crippen LogP contribution < -0.4 is 10.2 Å². The highest BCUT2D eigenvalue weighted by atomic mass is 32.2. The van der Waals surface area contributed by atoms with Crippen molar-refractivity contribution < 1.29 is 0 Å². The summed E-state index contributed by atoms with van der Waals surface area (Å²) in [4.78, 5) is 9.01. The lowest BCUT2D eigenvalue weighted by atomic mass is 10.2. The van der Waals surface area contributed by atoms with E-state index in [4.69, 9.17) is 0 Å². The van der Waals surface area contributed by atoms with E-state index in [1.807, 2.05) is 24.9 Å². The van der Waals surface area contributed by atoms with Crippen LogP contribution >= 0.6 is 11.8 Å². The summed E-state index contributed by atoms with van der Waals surface area (Å²) in [6.45, 7) is 7.87. The number of anilines is 1. The van der Waals surface area contributed by atoms with E-state index < -0.39 is 0 Å². The molecule has 0 radical (unpaired) electrons. The second-order valence-electron chi connectivity index (χ2n) is 6.02. The number of unbranched alkanes of at least 4 members (excludes halogenated alkanes) is 1. The number of guanidine groups is 1. The van der Waals surface area contributed by atoms with E-state index in [0.29, 0.717) is 0 Å². The molecule has 0 spiro atoms. The summed E-state index contributed by atoms with van der Waals surface area (Å²) in [7, 11) is 3.92. The van der Waals surface area contributed by atoms with Gasteiger partial charge in [-0.2, -0.15) is 11.8 Å². The zero-order chi connectivity index (χ0) is 17.2. The van der Waals surface area contributed by atoms with Gasteiger partial charge in [0.15, 0.2) is 5.96 Å². The van der Waals surface area contributed by atoms with Gasteiger partial charge in [-0.05, 0) is 30.5 Å². The van der Waals surface area contributed by atoms with Crippen molar-refractivity contribution in [1.82, 2.24) is 10.2 Å². The van der Waals surface area contributed by atoms with Crippen molar-refractivity contribution in [1.29, 1.82) is 0 Å². The average Bonchev–Trinajstić information content (AvgIpc) is 2.64. The van der Waals surface area contributed by atoms with E-state index >= 15 is 0 Å². The van der Waals surface area contributed by atoms with E-state index in [2.05, 4.69) is 58.0 Å². The largest absolute Gasteiger partial charge is 0.370 e. The Hall–Kier alpha value is -1.62. The molecule has 0 saturated carbocycles. The smallest absolute Gasteiger partial charge is 0.193 e. The highest BCUT2D eigenvalue weighted by molar-refractivity contribution is 7.99. The number of nitrogens with zero attached hydrogens (tertiary/aromatic N) is 3. The molecule has 2 rings (SSSR count). The summed E-state index contributed by atoms with van der Waals surface area (Å²) >= 11 is 2.04. The van der Waals surface area contributed by atoms with E-state index in [0.717, 1.165) is 45.0 Å². The summed E-state index contributed by atoms with van der Waals surface area (Å²) in [6.07, 6.45) is 4.11. The number of benzene rings is 1. The Labute approximate surface area is 151 Å². The van der Waals surface area contributed by atoms with E-state index in [1.54, 1.807) is 0 Å². The number of allylic oxidation sites excluding steroid dienone is 1. The molecule has 1 aromatic rings. The van der Waals surface area contributed by atoms with Crippen LogP contribution in [0.15, 0.2) is 41.9 Å². The minimum atomic E-state index is 0.800. The van der Waals surface area contributed by atoms with Gasteiger partial charge in [-0.3, -0.25) is 4.99 Å². The van der Waals surface area contributed by atoms with Crippen LogP contribution in [0.4, 0.5) is 5.69 Å². The number of hydrogen-bond donors (Lipinski definition) is 1. The van der Waals surface area contributed by atoms with Crippen LogP contribution in [0.25, 0.3) is 0 Å². The fraction of sp³-hybridized carbons (Fsp3) is 0.526. The molecule has 0 bridgehead atoms. The Morgan fingerprint density at radius 1 is 1.33 bits per heavy atom. The number of aliphatic imine (C=N–C) groups is 1. The molecule has 0 amide bonds. The van der Waals surface area contributed by atoms with Crippen molar-refractivity contribution in [2.75, 3.05) is 50.1 Å². The van der Waals surface area contributed by atoms with Crippen LogP contribution in [0.2, 0.25) is 0 Å². The summed E-state index contributed by atoms with van der Waals surface area (Å²) in [5.74, 6) is 3.41. The predicted molar refractivity (Wildman–Crippen MR) is 108 cm³/mol. The third-order valence-electron chi connectivity index (χ3n) is 4.24. The first-order valence-electron chi connectivity index (χ1n) is 8.69. The standard InChI is InChI=1S/C19H30N4S/c1-4-5-6-11-22(3)19(20-2)21-16-17-7-9-18(10-8-17)23-12-14-24-15-13-23/h4,7-10H,1,5-6,11-16H2,2-3H3,(H,20,21). The Bertz CT molecular complexity index is 521. The van der Waals surface area contributed by atoms with Crippen LogP contribution in [-0.4, -0.2) is 56.1 Å². The normalized spacial score (nSPS) is 15.2. The van der Waals surface area contributed by atoms with Gasteiger partial charge in [-0.1, -0.05) is 18.2 Å². The molecule has 1 saturated heterocycles. The number of rotatable bonds is 7. The third kappa shape index (κ3) is 5.78. The average molecular weight is 347 g/mol. The van der Waals surface area contributed by atoms with Gasteiger partial charge >= 0.3 is 0 Å². The first kappa shape index (κ1) is 18.7. The van der Waals surface area contributed by atoms with Gasteiger partial charge in [-0.25, -0.2) is 0 Å². The van der Waals surface area contributed by atoms with E-state index in [9.17, 15) is 0 Å². The van der Waals surface area contributed by atoms with Crippen LogP contribution in [0.3, 0.4) is 0 Å². The molecule has 0 aliphatic carbocycles. The Morgan fingerprint density at radius 3 is 2.67 bits per heavy atom. The molecule has 132 valence electrons. The highest BCUT2D eigenvalue weighted by Crippen LogP contribution is 2.19. The molecule has 1 fully saturated rings. The number of nitrogens with one attached hydrogen (secondary N) is 1. The van der Waals surface area contributed by atoms with Gasteiger partial charge in [-0.15, -0.1) is 6.58 Å². The zero-order valence-corrected chi connectivity index (χ0v) is 15.8. The summed E-state index contributed by atoms with van der Waals surface area (Å²) < 4.78 is 0. The molecule has 24 heavy (non-hydrogen) atoms. The molecule has 0 atom stereocenters. The molecule has 0 unspecified atom stereocenters. The molecule has 1 aliphatic heterocycles. The maximum Gasteiger partial charge on any atom is 0.193 e. The van der Waals surface area contributed by atoms with Crippen molar-refractivity contribution in [3.8, 4) is 0 Å². The van der Waals surface area contributed by atoms with Gasteiger partial charge in [0.2, 0.25) is 0 Å². The quantitative estimate of drug-likeness (QED) is 0.355. The van der Waals surface area contributed by atoms with Crippen molar-refractivity contribution >= 4 is 23.4 Å². The van der Waals surface area contributed by atoms with Crippen LogP contribution in [0, 0.1) is 0 Å². The Morgan fingerprint density at radius 2 is 2.04 bits per heavy atom. The first-order chi connectivity index (χ1) is 11.7. The first-order valence-corrected chi connectivity index (χ1v) is 9.84. The van der Waals surface area contributed by atoms with Gasteiger partial charge in [0.25, 0.3) is 0 Å². The molecule has 1 N–H and O–H groups in total. The van der Waals surface area contributed by atoms with Crippen LogP contribution in [-0.2, 0) is 6.54 Å². The van der Waals surface area contributed by atoms with Gasteiger partial charge in [0.1, 0.15) is 0 Å². The van der Waals surface area contributed by atoms with Crippen molar-refractivity contribution in [2.24, 2.45) is 4.99 Å². The molecule has 1 aromatic carbocycles. The lowest BCUT2D eigenvalue weighted by Crippen LogP contribution is -2.39. The summed E-state index contributed by atoms with van der Waals surface area (Å²) in [6, 6.07) is 8.91. The van der Waals surface area contributed by atoms with E-state index in [-0.39, 0.29) is 0 Å². The van der Waals surface area contributed by atoms with E-state index in [1.165, 1.54) is 22.8 Å². The highest BCUT2D eigenvalue weighted by Gasteiger charge is 2.11. The number of thioether (sulfide) groups is 1. The fourth-order valence-corrected chi connectivity index (χ4v) is 3.69. The van der Waals surface area contributed by atoms with Crippen molar-refractivity contribution in [3.63, 3.8) is 0 Å². The maximum absolute atomic E-state index is 4.37. The maximum atomic E-state index is 4.37. The topological polar surface area (TPSA) is 30.9 Å². The van der Waals surface area contributed by atoms with Crippen molar-refractivity contribution in [2.45, 2.75) is 19.4 Å². The molecule has 4 nitrogen and oxygen atoms in total. The SMILES string of the molecule is C=CCCCN(C)C(=NC)NCc1ccc(N2CCSCC2)cc1. The number of hydrogen-bond acceptors (Lipinski definition) is 3. The monoisotopic (exact) mass is 346 g/mol. The molecule has 1 heterocycles. The van der Waals surface area contributed by atoms with Crippen molar-refractivity contribution in [3.05, 3.63) is 42.5 Å². The third-order valence-corrected chi connectivity index (χ3v) is 5.18. The fourth-order valence-electron chi connectivity index (χ4n) is 2.79. The second-order valence-corrected chi connectivity index (χ2v) is 7.24. The summed E-state index contributed by atoms with van der Waals surface area (Å²) in [5.41, 5.74) is 2.62.